The van der Waals surface area contributed by atoms with Crippen LogP contribution in [0.2, 0.25) is 0 Å². The van der Waals surface area contributed by atoms with E-state index < -0.39 is 11.9 Å². The van der Waals surface area contributed by atoms with E-state index >= 15 is 0 Å². The molecule has 1 aromatic carbocycles. The summed E-state index contributed by atoms with van der Waals surface area (Å²) >= 11 is 0. The first kappa shape index (κ1) is 18.1. The van der Waals surface area contributed by atoms with E-state index in [4.69, 9.17) is 4.74 Å². The van der Waals surface area contributed by atoms with Crippen molar-refractivity contribution in [3.63, 3.8) is 0 Å². The van der Waals surface area contributed by atoms with E-state index in [-0.39, 0.29) is 24.6 Å². The van der Waals surface area contributed by atoms with E-state index in [0.29, 0.717) is 18.7 Å². The molecule has 2 rings (SSSR count). The Morgan fingerprint density at radius 3 is 2.67 bits per heavy atom. The number of benzene rings is 1. The molecule has 0 radical (unpaired) electrons. The summed E-state index contributed by atoms with van der Waals surface area (Å²) in [4.78, 5) is 25.3. The molecule has 2 atom stereocenters. The van der Waals surface area contributed by atoms with Crippen LogP contribution in [0, 0.1) is 18.8 Å². The van der Waals surface area contributed by atoms with Crippen molar-refractivity contribution in [2.45, 2.75) is 40.2 Å². The molecular weight excluding hydrogens is 308 g/mol. The van der Waals surface area contributed by atoms with E-state index in [9.17, 15) is 14.7 Å². The minimum atomic E-state index is -0.845. The van der Waals surface area contributed by atoms with Gasteiger partial charge in [-0.15, -0.1) is 0 Å². The monoisotopic (exact) mass is 334 g/mol. The zero-order chi connectivity index (χ0) is 17.9. The van der Waals surface area contributed by atoms with Crippen molar-refractivity contribution in [3.05, 3.63) is 23.8 Å². The number of piperidine rings is 1. The van der Waals surface area contributed by atoms with Crippen LogP contribution in [-0.2, 0) is 4.79 Å². The highest BCUT2D eigenvalue weighted by atomic mass is 16.5. The van der Waals surface area contributed by atoms with Gasteiger partial charge >= 0.3 is 12.0 Å². The molecule has 1 aromatic rings. The van der Waals surface area contributed by atoms with Crippen molar-refractivity contribution >= 4 is 17.7 Å². The summed E-state index contributed by atoms with van der Waals surface area (Å²) in [5.74, 6) is -0.443. The van der Waals surface area contributed by atoms with Crippen molar-refractivity contribution in [3.8, 4) is 5.75 Å². The Morgan fingerprint density at radius 1 is 1.33 bits per heavy atom. The topological polar surface area (TPSA) is 78.9 Å². The number of urea groups is 1. The van der Waals surface area contributed by atoms with Crippen LogP contribution < -0.4 is 10.1 Å². The fraction of sp³-hybridized carbons (Fsp3) is 0.556. The second-order valence-corrected chi connectivity index (χ2v) is 6.86. The van der Waals surface area contributed by atoms with Gasteiger partial charge in [0.1, 0.15) is 5.75 Å². The van der Waals surface area contributed by atoms with Crippen molar-refractivity contribution < 1.29 is 19.4 Å². The lowest BCUT2D eigenvalue weighted by Gasteiger charge is -2.34. The predicted octanol–water partition coefficient (Wildman–Crippen LogP) is 3.36. The number of nitrogens with zero attached hydrogens (tertiary/aromatic N) is 1. The molecule has 2 amide bonds. The Morgan fingerprint density at radius 2 is 2.04 bits per heavy atom. The highest BCUT2D eigenvalue weighted by molar-refractivity contribution is 5.90. The Balaban J connectivity index is 2.07. The third-order valence-electron chi connectivity index (χ3n) is 4.10. The van der Waals surface area contributed by atoms with Crippen molar-refractivity contribution in [2.24, 2.45) is 11.8 Å². The Hall–Kier alpha value is -2.24. The first-order chi connectivity index (χ1) is 11.3. The minimum absolute atomic E-state index is 0.0499. The number of aryl methyl sites for hydroxylation is 1. The van der Waals surface area contributed by atoms with Crippen molar-refractivity contribution in [1.82, 2.24) is 4.90 Å². The highest BCUT2D eigenvalue weighted by Crippen LogP contribution is 2.26. The molecule has 0 bridgehead atoms. The molecule has 2 N–H and O–H groups in total. The molecule has 132 valence electrons. The summed E-state index contributed by atoms with van der Waals surface area (Å²) in [6.45, 7) is 8.63. The lowest BCUT2D eigenvalue weighted by molar-refractivity contribution is -0.143. The molecule has 0 aromatic heterocycles. The maximum atomic E-state index is 12.5. The lowest BCUT2D eigenvalue weighted by Crippen LogP contribution is -2.47. The van der Waals surface area contributed by atoms with Gasteiger partial charge in [-0.3, -0.25) is 4.79 Å². The number of carbonyl (C=O) groups excluding carboxylic acids is 1. The quantitative estimate of drug-likeness (QED) is 0.885. The van der Waals surface area contributed by atoms with Crippen LogP contribution in [-0.4, -0.2) is 41.2 Å². The summed E-state index contributed by atoms with van der Waals surface area (Å²) < 4.78 is 5.74. The molecule has 2 unspecified atom stereocenters. The van der Waals surface area contributed by atoms with Crippen LogP contribution in [0.25, 0.3) is 0 Å². The van der Waals surface area contributed by atoms with Gasteiger partial charge in [0.05, 0.1) is 12.0 Å². The fourth-order valence-electron chi connectivity index (χ4n) is 2.96. The Labute approximate surface area is 142 Å². The van der Waals surface area contributed by atoms with Gasteiger partial charge in [-0.05, 0) is 44.7 Å². The number of anilines is 1. The number of hydrogen-bond donors (Lipinski definition) is 2. The van der Waals surface area contributed by atoms with Gasteiger partial charge in [-0.2, -0.15) is 0 Å². The summed E-state index contributed by atoms with van der Waals surface area (Å²) in [5.41, 5.74) is 1.64. The van der Waals surface area contributed by atoms with Crippen LogP contribution in [0.5, 0.6) is 5.75 Å². The van der Waals surface area contributed by atoms with Crippen molar-refractivity contribution in [2.75, 3.05) is 18.4 Å². The van der Waals surface area contributed by atoms with Crippen LogP contribution >= 0.6 is 0 Å². The van der Waals surface area contributed by atoms with Gasteiger partial charge in [-0.25, -0.2) is 4.79 Å². The van der Waals surface area contributed by atoms with E-state index in [2.05, 4.69) is 5.32 Å². The third kappa shape index (κ3) is 4.63. The van der Waals surface area contributed by atoms with Gasteiger partial charge in [-0.1, -0.05) is 13.0 Å². The molecule has 1 fully saturated rings. The maximum absolute atomic E-state index is 12.5. The van der Waals surface area contributed by atoms with Gasteiger partial charge in [0.2, 0.25) is 0 Å². The summed E-state index contributed by atoms with van der Waals surface area (Å²) in [6.07, 6.45) is 0.657. The molecule has 6 heteroatoms. The molecule has 0 saturated carbocycles. The third-order valence-corrected chi connectivity index (χ3v) is 4.10. The summed E-state index contributed by atoms with van der Waals surface area (Å²) in [7, 11) is 0. The highest BCUT2D eigenvalue weighted by Gasteiger charge is 2.31. The first-order valence-electron chi connectivity index (χ1n) is 8.32. The minimum Gasteiger partial charge on any atom is -0.491 e. The molecule has 1 aliphatic heterocycles. The Bertz CT molecular complexity index is 615. The average Bonchev–Trinajstić information content (AvgIpc) is 2.49. The standard InChI is InChI=1S/C18H26N2O4/c1-11(2)24-16-8-15(6-5-13(16)4)19-18(23)20-9-12(3)7-14(10-20)17(21)22/h5-6,8,11-12,14H,7,9-10H2,1-4H3,(H,19,23)(H,21,22). The Kier molecular flexibility index (Phi) is 5.70. The number of nitrogens with one attached hydrogen (secondary N) is 1. The van der Waals surface area contributed by atoms with Gasteiger partial charge in [0.15, 0.2) is 0 Å². The van der Waals surface area contributed by atoms with E-state index in [1.807, 2.05) is 39.8 Å². The fourth-order valence-corrected chi connectivity index (χ4v) is 2.96. The summed E-state index contributed by atoms with van der Waals surface area (Å²) in [5, 5.41) is 12.1. The van der Waals surface area contributed by atoms with E-state index in [1.54, 1.807) is 11.0 Å². The molecule has 1 heterocycles. The number of hydrogen-bond acceptors (Lipinski definition) is 3. The van der Waals surface area contributed by atoms with Crippen LogP contribution in [0.4, 0.5) is 10.5 Å². The number of carboxylic acid groups (broad SMARTS) is 1. The SMILES string of the molecule is Cc1ccc(NC(=O)N2CC(C)CC(C(=O)O)C2)cc1OC(C)C. The van der Waals surface area contributed by atoms with Gasteiger partial charge < -0.3 is 20.1 Å². The number of aliphatic carboxylic acids is 1. The molecule has 1 aliphatic rings. The van der Waals surface area contributed by atoms with Crippen LogP contribution in [0.3, 0.4) is 0 Å². The zero-order valence-corrected chi connectivity index (χ0v) is 14.7. The number of carboxylic acids is 1. The van der Waals surface area contributed by atoms with E-state index in [1.165, 1.54) is 0 Å². The number of carbonyl (C=O) groups is 2. The lowest BCUT2D eigenvalue weighted by atomic mass is 9.91. The maximum Gasteiger partial charge on any atom is 0.321 e. The smallest absolute Gasteiger partial charge is 0.321 e. The normalized spacial score (nSPS) is 20.8. The molecule has 24 heavy (non-hydrogen) atoms. The van der Waals surface area contributed by atoms with Crippen molar-refractivity contribution in [1.29, 1.82) is 0 Å². The molecular formula is C18H26N2O4. The van der Waals surface area contributed by atoms with Crippen LogP contribution in [0.1, 0.15) is 32.8 Å². The summed E-state index contributed by atoms with van der Waals surface area (Å²) in [6, 6.07) is 5.25. The number of likely N-dealkylation sites (tertiary alicyclic amines) is 1. The number of amides is 2. The molecule has 1 saturated heterocycles. The number of rotatable bonds is 4. The second kappa shape index (κ2) is 7.55. The molecule has 0 spiro atoms. The van der Waals surface area contributed by atoms with Gasteiger partial charge in [0.25, 0.3) is 0 Å². The first-order valence-corrected chi connectivity index (χ1v) is 8.32. The van der Waals surface area contributed by atoms with Gasteiger partial charge in [0, 0.05) is 24.8 Å². The second-order valence-electron chi connectivity index (χ2n) is 6.86. The molecule has 6 nitrogen and oxygen atoms in total. The van der Waals surface area contributed by atoms with E-state index in [0.717, 1.165) is 11.3 Å². The number of ether oxygens (including phenoxy) is 1. The largest absolute Gasteiger partial charge is 0.491 e. The predicted molar refractivity (Wildman–Crippen MR) is 92.4 cm³/mol. The zero-order valence-electron chi connectivity index (χ0n) is 14.7. The average molecular weight is 334 g/mol. The molecule has 0 aliphatic carbocycles. The van der Waals surface area contributed by atoms with Crippen LogP contribution in [0.15, 0.2) is 18.2 Å².